The maximum absolute atomic E-state index is 11.5. The summed E-state index contributed by atoms with van der Waals surface area (Å²) in [6.45, 7) is 0. The number of hydrogen-bond donors (Lipinski definition) is 2. The number of azo groups is 1. The van der Waals surface area contributed by atoms with Crippen LogP contribution in [0.15, 0.2) is 10.2 Å². The lowest BCUT2D eigenvalue weighted by Crippen LogP contribution is -2.57. The van der Waals surface area contributed by atoms with Crippen LogP contribution in [0.2, 0.25) is 0 Å². The Balaban J connectivity index is 1.78. The zero-order chi connectivity index (χ0) is 14.3. The van der Waals surface area contributed by atoms with Gasteiger partial charge in [0.25, 0.3) is 11.8 Å². The normalized spacial score (nSPS) is 21.8. The van der Waals surface area contributed by atoms with Gasteiger partial charge in [0.05, 0.1) is 5.69 Å². The summed E-state index contributed by atoms with van der Waals surface area (Å²) in [4.78, 5) is 28.3. The van der Waals surface area contributed by atoms with Crippen molar-refractivity contribution >= 4 is 38.5 Å². The second-order valence-electron chi connectivity index (χ2n) is 4.27. The Morgan fingerprint density at radius 3 is 2.55 bits per heavy atom. The van der Waals surface area contributed by atoms with Crippen LogP contribution in [-0.4, -0.2) is 31.3 Å². The van der Waals surface area contributed by atoms with Gasteiger partial charge in [-0.05, 0) is 19.3 Å². The van der Waals surface area contributed by atoms with Crippen LogP contribution in [0.25, 0.3) is 0 Å². The third kappa shape index (κ3) is 2.41. The van der Waals surface area contributed by atoms with Gasteiger partial charge in [0.2, 0.25) is 11.2 Å². The standard InChI is InChI=1S/C9H9N5O4S2/c15-7-6(8(16)14-20(17,18)13-7)11-12-9-10-4-2-1-3-5(4)19-9/h6H,1-3H2,(H,13,15)(H,14,16). The Morgan fingerprint density at radius 1 is 1.20 bits per heavy atom. The zero-order valence-electron chi connectivity index (χ0n) is 9.99. The molecule has 20 heavy (non-hydrogen) atoms. The summed E-state index contributed by atoms with van der Waals surface area (Å²) in [5.41, 5.74) is 0.976. The smallest absolute Gasteiger partial charge is 0.271 e. The second kappa shape index (κ2) is 4.59. The van der Waals surface area contributed by atoms with Crippen molar-refractivity contribution in [3.63, 3.8) is 0 Å². The van der Waals surface area contributed by atoms with Gasteiger partial charge in [-0.3, -0.25) is 9.59 Å². The Kier molecular flexibility index (Phi) is 3.01. The van der Waals surface area contributed by atoms with E-state index in [2.05, 4.69) is 15.2 Å². The fourth-order valence-corrected chi connectivity index (χ4v) is 3.73. The average molecular weight is 315 g/mol. The number of fused-ring (bicyclic) bond motifs is 1. The maximum atomic E-state index is 11.5. The molecule has 0 atom stereocenters. The number of aromatic nitrogens is 1. The summed E-state index contributed by atoms with van der Waals surface area (Å²) in [5.74, 6) is -2.05. The van der Waals surface area contributed by atoms with Crippen molar-refractivity contribution in [2.24, 2.45) is 10.2 Å². The van der Waals surface area contributed by atoms with Gasteiger partial charge in [-0.2, -0.15) is 13.5 Å². The highest BCUT2D eigenvalue weighted by atomic mass is 32.2. The lowest BCUT2D eigenvalue weighted by Gasteiger charge is -2.17. The average Bonchev–Trinajstić information content (AvgIpc) is 2.86. The largest absolute Gasteiger partial charge is 0.326 e. The number of hydrogen-bond acceptors (Lipinski definition) is 8. The van der Waals surface area contributed by atoms with E-state index in [0.29, 0.717) is 5.13 Å². The van der Waals surface area contributed by atoms with Crippen molar-refractivity contribution in [3.8, 4) is 0 Å². The number of amides is 2. The number of rotatable bonds is 2. The number of carbonyl (C=O) groups excluding carboxylic acids is 2. The van der Waals surface area contributed by atoms with Gasteiger partial charge in [-0.1, -0.05) is 11.3 Å². The minimum Gasteiger partial charge on any atom is -0.271 e. The lowest BCUT2D eigenvalue weighted by atomic mass is 10.3. The summed E-state index contributed by atoms with van der Waals surface area (Å²) < 4.78 is 25.4. The highest BCUT2D eigenvalue weighted by Crippen LogP contribution is 2.32. The van der Waals surface area contributed by atoms with E-state index >= 15 is 0 Å². The monoisotopic (exact) mass is 315 g/mol. The van der Waals surface area contributed by atoms with Crippen LogP contribution >= 0.6 is 11.3 Å². The molecule has 1 fully saturated rings. The molecule has 2 heterocycles. The number of nitrogens with one attached hydrogen (secondary N) is 2. The highest BCUT2D eigenvalue weighted by Gasteiger charge is 2.37. The minimum absolute atomic E-state index is 0.365. The first kappa shape index (κ1) is 13.1. The number of thiazole rings is 1. The minimum atomic E-state index is -4.11. The molecule has 0 unspecified atom stereocenters. The van der Waals surface area contributed by atoms with Crippen molar-refractivity contribution in [2.75, 3.05) is 0 Å². The molecule has 1 aliphatic heterocycles. The number of aryl methyl sites for hydroxylation is 2. The molecule has 9 nitrogen and oxygen atoms in total. The molecular weight excluding hydrogens is 306 g/mol. The van der Waals surface area contributed by atoms with Crippen LogP contribution in [0, 0.1) is 0 Å². The predicted molar refractivity (Wildman–Crippen MR) is 67.6 cm³/mol. The van der Waals surface area contributed by atoms with Gasteiger partial charge in [0, 0.05) is 4.88 Å². The summed E-state index contributed by atoms with van der Waals surface area (Å²) in [7, 11) is -4.11. The molecule has 106 valence electrons. The second-order valence-corrected chi connectivity index (χ2v) is 6.75. The SMILES string of the molecule is O=C1NS(=O)(=O)NC(=O)C1N=Nc1nc2c(s1)CCC2. The van der Waals surface area contributed by atoms with Crippen molar-refractivity contribution in [1.29, 1.82) is 0 Å². The quantitative estimate of drug-likeness (QED) is 0.565. The number of carbonyl (C=O) groups is 2. The number of nitrogens with zero attached hydrogens (tertiary/aromatic N) is 3. The van der Waals surface area contributed by atoms with E-state index in [0.717, 1.165) is 29.8 Å². The van der Waals surface area contributed by atoms with Crippen molar-refractivity contribution in [2.45, 2.75) is 25.3 Å². The van der Waals surface area contributed by atoms with E-state index < -0.39 is 28.1 Å². The summed E-state index contributed by atoms with van der Waals surface area (Å²) in [6.07, 6.45) is 2.91. The van der Waals surface area contributed by atoms with Crippen LogP contribution < -0.4 is 9.44 Å². The van der Waals surface area contributed by atoms with Crippen LogP contribution in [0.5, 0.6) is 0 Å². The molecule has 0 saturated carbocycles. The lowest BCUT2D eigenvalue weighted by molar-refractivity contribution is -0.130. The van der Waals surface area contributed by atoms with E-state index in [1.54, 1.807) is 9.44 Å². The van der Waals surface area contributed by atoms with E-state index in [4.69, 9.17) is 0 Å². The van der Waals surface area contributed by atoms with Gasteiger partial charge in [-0.25, -0.2) is 14.4 Å². The molecule has 0 bridgehead atoms. The predicted octanol–water partition coefficient (Wildman–Crippen LogP) is -0.425. The third-order valence-electron chi connectivity index (χ3n) is 2.81. The molecule has 1 aliphatic carbocycles. The molecule has 2 N–H and O–H groups in total. The van der Waals surface area contributed by atoms with Crippen LogP contribution in [0.3, 0.4) is 0 Å². The highest BCUT2D eigenvalue weighted by molar-refractivity contribution is 7.88. The topological polar surface area (TPSA) is 130 Å². The van der Waals surface area contributed by atoms with E-state index in [1.165, 1.54) is 11.3 Å². The first-order valence-electron chi connectivity index (χ1n) is 5.72. The van der Waals surface area contributed by atoms with E-state index in [9.17, 15) is 18.0 Å². The van der Waals surface area contributed by atoms with Gasteiger partial charge in [-0.15, -0.1) is 5.11 Å². The Morgan fingerprint density at radius 2 is 1.90 bits per heavy atom. The Bertz CT molecular complexity index is 677. The van der Waals surface area contributed by atoms with Gasteiger partial charge in [0.15, 0.2) is 0 Å². The first-order valence-corrected chi connectivity index (χ1v) is 8.02. The fraction of sp³-hybridized carbons (Fsp3) is 0.444. The molecule has 1 aromatic rings. The van der Waals surface area contributed by atoms with Crippen LogP contribution in [0.4, 0.5) is 5.13 Å². The van der Waals surface area contributed by atoms with Crippen molar-refractivity contribution in [1.82, 2.24) is 14.4 Å². The van der Waals surface area contributed by atoms with E-state index in [1.807, 2.05) is 0 Å². The molecule has 1 aromatic heterocycles. The Hall–Kier alpha value is -1.88. The molecule has 2 amide bonds. The fourth-order valence-electron chi connectivity index (χ4n) is 1.95. The molecule has 0 radical (unpaired) electrons. The molecule has 0 spiro atoms. The maximum Gasteiger partial charge on any atom is 0.326 e. The molecule has 1 saturated heterocycles. The molecular formula is C9H9N5O4S2. The van der Waals surface area contributed by atoms with Crippen LogP contribution in [-0.2, 0) is 32.6 Å². The van der Waals surface area contributed by atoms with Gasteiger partial charge in [0.1, 0.15) is 0 Å². The van der Waals surface area contributed by atoms with Gasteiger partial charge < -0.3 is 0 Å². The Labute approximate surface area is 117 Å². The molecule has 2 aliphatic rings. The third-order valence-corrected chi connectivity index (χ3v) is 4.79. The van der Waals surface area contributed by atoms with E-state index in [-0.39, 0.29) is 0 Å². The van der Waals surface area contributed by atoms with Crippen molar-refractivity contribution < 1.29 is 18.0 Å². The summed E-state index contributed by atoms with van der Waals surface area (Å²) in [6, 6.07) is -1.52. The summed E-state index contributed by atoms with van der Waals surface area (Å²) in [5, 5.41) is 7.70. The molecule has 0 aromatic carbocycles. The first-order chi connectivity index (χ1) is 9.44. The molecule has 11 heteroatoms. The molecule has 3 rings (SSSR count). The zero-order valence-corrected chi connectivity index (χ0v) is 11.6. The van der Waals surface area contributed by atoms with Crippen molar-refractivity contribution in [3.05, 3.63) is 10.6 Å². The summed E-state index contributed by atoms with van der Waals surface area (Å²) >= 11 is 1.36. The van der Waals surface area contributed by atoms with Gasteiger partial charge >= 0.3 is 10.2 Å². The van der Waals surface area contributed by atoms with Crippen LogP contribution in [0.1, 0.15) is 17.0 Å².